The van der Waals surface area contributed by atoms with Crippen LogP contribution in [0.2, 0.25) is 0 Å². The van der Waals surface area contributed by atoms with Crippen LogP contribution in [0.1, 0.15) is 6.92 Å². The summed E-state index contributed by atoms with van der Waals surface area (Å²) >= 11 is 1.42. The van der Waals surface area contributed by atoms with Crippen molar-refractivity contribution in [1.29, 1.82) is 0 Å². The number of imide groups is 1. The third-order valence-electron chi connectivity index (χ3n) is 0.784. The Morgan fingerprint density at radius 2 is 2.27 bits per heavy atom. The first-order valence-electron chi connectivity index (χ1n) is 3.16. The molecule has 0 aromatic heterocycles. The van der Waals surface area contributed by atoms with E-state index in [0.29, 0.717) is 5.75 Å². The van der Waals surface area contributed by atoms with Crippen LogP contribution in [0.4, 0.5) is 0 Å². The van der Waals surface area contributed by atoms with Gasteiger partial charge in [-0.25, -0.2) is 0 Å². The Morgan fingerprint density at radius 1 is 1.64 bits per heavy atom. The number of hydrogen-bond donors (Lipinski definition) is 1. The van der Waals surface area contributed by atoms with Crippen molar-refractivity contribution in [3.05, 3.63) is 12.7 Å². The molecule has 0 radical (unpaired) electrons. The van der Waals surface area contributed by atoms with E-state index in [0.717, 1.165) is 5.75 Å². The average Bonchev–Trinajstić information content (AvgIpc) is 1.86. The summed E-state index contributed by atoms with van der Waals surface area (Å²) in [6.45, 7) is 4.81. The summed E-state index contributed by atoms with van der Waals surface area (Å²) < 4.78 is 0. The topological polar surface area (TPSA) is 46.2 Å². The molecule has 0 unspecified atom stereocenters. The van der Waals surface area contributed by atoms with Gasteiger partial charge < -0.3 is 0 Å². The molecule has 0 aromatic rings. The second kappa shape index (κ2) is 5.97. The summed E-state index contributed by atoms with van der Waals surface area (Å²) in [5.74, 6) is 0.482. The van der Waals surface area contributed by atoms with Gasteiger partial charge in [0.2, 0.25) is 11.8 Å². The van der Waals surface area contributed by atoms with Crippen molar-refractivity contribution >= 4 is 23.6 Å². The van der Waals surface area contributed by atoms with E-state index in [1.807, 2.05) is 0 Å². The highest BCUT2D eigenvalue weighted by Crippen LogP contribution is 1.97. The van der Waals surface area contributed by atoms with Crippen LogP contribution in [0.25, 0.3) is 0 Å². The molecule has 0 rings (SSSR count). The quantitative estimate of drug-likeness (QED) is 0.499. The smallest absolute Gasteiger partial charge is 0.236 e. The van der Waals surface area contributed by atoms with Crippen LogP contribution in [-0.2, 0) is 9.59 Å². The van der Waals surface area contributed by atoms with Crippen molar-refractivity contribution in [3.63, 3.8) is 0 Å². The maximum atomic E-state index is 10.7. The van der Waals surface area contributed by atoms with Crippen LogP contribution < -0.4 is 5.32 Å². The molecule has 0 bridgehead atoms. The lowest BCUT2D eigenvalue weighted by molar-refractivity contribution is -0.127. The van der Waals surface area contributed by atoms with Gasteiger partial charge in [0.05, 0.1) is 5.75 Å². The van der Waals surface area contributed by atoms with E-state index in [1.165, 1.54) is 18.7 Å². The molecule has 2 amide bonds. The van der Waals surface area contributed by atoms with Crippen LogP contribution in [0.15, 0.2) is 12.7 Å². The minimum absolute atomic E-state index is 0.246. The lowest BCUT2D eigenvalue weighted by Gasteiger charge is -1.97. The average molecular weight is 173 g/mol. The summed E-state index contributed by atoms with van der Waals surface area (Å²) in [6, 6.07) is 0. The number of rotatable bonds is 4. The molecule has 0 aliphatic rings. The normalized spacial score (nSPS) is 8.82. The monoisotopic (exact) mass is 173 g/mol. The highest BCUT2D eigenvalue weighted by atomic mass is 32.2. The number of hydrogen-bond acceptors (Lipinski definition) is 3. The molecule has 11 heavy (non-hydrogen) atoms. The summed E-state index contributed by atoms with van der Waals surface area (Å²) in [5.41, 5.74) is 0. The zero-order valence-electron chi connectivity index (χ0n) is 6.42. The zero-order chi connectivity index (χ0) is 8.69. The third kappa shape index (κ3) is 7.12. The number of carbonyl (C=O) groups excluding carboxylic acids is 2. The molecule has 1 N–H and O–H groups in total. The van der Waals surface area contributed by atoms with Crippen LogP contribution >= 0.6 is 11.8 Å². The van der Waals surface area contributed by atoms with Gasteiger partial charge in [-0.05, 0) is 0 Å². The molecule has 62 valence electrons. The molecule has 0 aromatic carbocycles. The fourth-order valence-corrected chi connectivity index (χ4v) is 1.01. The van der Waals surface area contributed by atoms with Gasteiger partial charge in [0.1, 0.15) is 0 Å². The maximum absolute atomic E-state index is 10.7. The molecule has 0 saturated carbocycles. The van der Waals surface area contributed by atoms with E-state index < -0.39 is 0 Å². The highest BCUT2D eigenvalue weighted by Gasteiger charge is 2.01. The molecule has 4 heteroatoms. The van der Waals surface area contributed by atoms with Crippen LogP contribution in [0, 0.1) is 0 Å². The van der Waals surface area contributed by atoms with Gasteiger partial charge >= 0.3 is 0 Å². The van der Waals surface area contributed by atoms with Gasteiger partial charge in [-0.15, -0.1) is 18.3 Å². The number of nitrogens with one attached hydrogen (secondary N) is 1. The second-order valence-corrected chi connectivity index (χ2v) is 2.94. The summed E-state index contributed by atoms with van der Waals surface area (Å²) in [7, 11) is 0. The van der Waals surface area contributed by atoms with Gasteiger partial charge in [-0.1, -0.05) is 6.08 Å². The van der Waals surface area contributed by atoms with Gasteiger partial charge in [-0.3, -0.25) is 14.9 Å². The molecular formula is C7H11NO2S. The zero-order valence-corrected chi connectivity index (χ0v) is 7.24. The number of amides is 2. The van der Waals surface area contributed by atoms with Crippen molar-refractivity contribution < 1.29 is 9.59 Å². The Kier molecular flexibility index (Phi) is 5.56. The maximum Gasteiger partial charge on any atom is 0.236 e. The molecule has 3 nitrogen and oxygen atoms in total. The van der Waals surface area contributed by atoms with E-state index in [-0.39, 0.29) is 11.8 Å². The summed E-state index contributed by atoms with van der Waals surface area (Å²) in [6.07, 6.45) is 1.71. The van der Waals surface area contributed by atoms with Crippen molar-refractivity contribution in [3.8, 4) is 0 Å². The first-order valence-corrected chi connectivity index (χ1v) is 4.31. The predicted molar refractivity (Wildman–Crippen MR) is 46.3 cm³/mol. The minimum Gasteiger partial charge on any atom is -0.296 e. The molecule has 0 aliphatic carbocycles. The molecule has 0 fully saturated rings. The van der Waals surface area contributed by atoms with E-state index in [2.05, 4.69) is 11.9 Å². The lowest BCUT2D eigenvalue weighted by atomic mass is 10.6. The highest BCUT2D eigenvalue weighted by molar-refractivity contribution is 8.00. The van der Waals surface area contributed by atoms with Gasteiger partial charge in [-0.2, -0.15) is 0 Å². The fourth-order valence-electron chi connectivity index (χ4n) is 0.467. The lowest BCUT2D eigenvalue weighted by Crippen LogP contribution is -2.29. The van der Waals surface area contributed by atoms with Gasteiger partial charge in [0.25, 0.3) is 0 Å². The number of carbonyl (C=O) groups is 2. The first kappa shape index (κ1) is 10.2. The molecule has 0 atom stereocenters. The second-order valence-electron chi connectivity index (χ2n) is 1.91. The van der Waals surface area contributed by atoms with Gasteiger partial charge in [0.15, 0.2) is 0 Å². The SMILES string of the molecule is C=CCSCC(=O)NC(C)=O. The minimum atomic E-state index is -0.311. The van der Waals surface area contributed by atoms with Crippen LogP contribution in [0.3, 0.4) is 0 Å². The standard InChI is InChI=1S/C7H11NO2S/c1-3-4-11-5-7(10)8-6(2)9/h3H,1,4-5H2,2H3,(H,8,9,10). The molecule has 0 spiro atoms. The van der Waals surface area contributed by atoms with Crippen molar-refractivity contribution in [1.82, 2.24) is 5.32 Å². The largest absolute Gasteiger partial charge is 0.296 e. The third-order valence-corrected chi connectivity index (χ3v) is 1.72. The predicted octanol–water partition coefficient (Wildman–Crippen LogP) is 0.568. The van der Waals surface area contributed by atoms with Crippen LogP contribution in [-0.4, -0.2) is 23.3 Å². The Balaban J connectivity index is 3.37. The summed E-state index contributed by atoms with van der Waals surface area (Å²) in [4.78, 5) is 21.1. The molecule has 0 aliphatic heterocycles. The first-order chi connectivity index (χ1) is 5.16. The van der Waals surface area contributed by atoms with E-state index >= 15 is 0 Å². The van der Waals surface area contributed by atoms with E-state index in [1.54, 1.807) is 6.08 Å². The van der Waals surface area contributed by atoms with E-state index in [4.69, 9.17) is 0 Å². The molecular weight excluding hydrogens is 162 g/mol. The molecule has 0 heterocycles. The summed E-state index contributed by atoms with van der Waals surface area (Å²) in [5, 5.41) is 2.17. The van der Waals surface area contributed by atoms with Crippen molar-refractivity contribution in [2.24, 2.45) is 0 Å². The molecule has 0 saturated heterocycles. The number of thioether (sulfide) groups is 1. The Labute approximate surface area is 70.2 Å². The van der Waals surface area contributed by atoms with E-state index in [9.17, 15) is 9.59 Å². The van der Waals surface area contributed by atoms with Gasteiger partial charge in [0, 0.05) is 12.7 Å². The Hall–Kier alpha value is -0.770. The van der Waals surface area contributed by atoms with Crippen LogP contribution in [0.5, 0.6) is 0 Å². The van der Waals surface area contributed by atoms with Crippen molar-refractivity contribution in [2.75, 3.05) is 11.5 Å². The van der Waals surface area contributed by atoms with Crippen molar-refractivity contribution in [2.45, 2.75) is 6.92 Å². The Bertz CT molecular complexity index is 168. The fraction of sp³-hybridized carbons (Fsp3) is 0.429. The Morgan fingerprint density at radius 3 is 2.73 bits per heavy atom.